The van der Waals surface area contributed by atoms with Crippen LogP contribution in [0.2, 0.25) is 18.1 Å². The molecule has 7 atom stereocenters. The van der Waals surface area contributed by atoms with Gasteiger partial charge in [0.2, 0.25) is 0 Å². The van der Waals surface area contributed by atoms with Crippen molar-refractivity contribution >= 4 is 8.32 Å². The Hall–Kier alpha value is -0.763. The number of hydrogen-bond donors (Lipinski definition) is 0. The highest BCUT2D eigenvalue weighted by Gasteiger charge is 2.44. The fourth-order valence-corrected chi connectivity index (χ4v) is 6.35. The Morgan fingerprint density at radius 1 is 1.09 bits per heavy atom. The van der Waals surface area contributed by atoms with Crippen molar-refractivity contribution in [1.29, 1.82) is 0 Å². The molecule has 0 amide bonds. The molecule has 0 N–H and O–H groups in total. The van der Waals surface area contributed by atoms with Crippen molar-refractivity contribution in [3.05, 3.63) is 35.9 Å². The van der Waals surface area contributed by atoms with E-state index in [0.717, 1.165) is 12.8 Å². The van der Waals surface area contributed by atoms with Gasteiger partial charge in [0.1, 0.15) is 6.23 Å². The van der Waals surface area contributed by atoms with Crippen LogP contribution in [0.25, 0.3) is 0 Å². The first kappa shape index (κ1) is 28.8. The molecule has 2 fully saturated rings. The van der Waals surface area contributed by atoms with Crippen LogP contribution in [0.4, 0.5) is 0 Å². The van der Waals surface area contributed by atoms with Gasteiger partial charge in [-0.3, -0.25) is 4.90 Å². The number of nitrogens with zero attached hydrogens (tertiary/aromatic N) is 1. The standard InChI is InChI=1S/C29H51NO4Si/c1-20(17-21(2)27-30(9)22(3)26(32-27)23-15-13-12-14-16-23)25-18-24(33-29(7,8)34-25)19-31-35(10,11)28(4,5)6/h12-16,20-22,24-27H,17-19H2,1-11H3/t20-,21-,22+,24+,25+,26-,27?/m1/s1. The zero-order valence-corrected chi connectivity index (χ0v) is 25.1. The maximum absolute atomic E-state index is 6.64. The Balaban J connectivity index is 1.61. The number of rotatable bonds is 8. The maximum atomic E-state index is 6.64. The predicted octanol–water partition coefficient (Wildman–Crippen LogP) is 7.00. The van der Waals surface area contributed by atoms with Gasteiger partial charge in [-0.15, -0.1) is 0 Å². The second-order valence-corrected chi connectivity index (χ2v) is 17.9. The first-order valence-electron chi connectivity index (χ1n) is 13.5. The molecule has 0 aromatic heterocycles. The molecule has 2 heterocycles. The molecule has 2 aliphatic rings. The maximum Gasteiger partial charge on any atom is 0.192 e. The lowest BCUT2D eigenvalue weighted by molar-refractivity contribution is -0.311. The molecule has 0 radical (unpaired) electrons. The molecular formula is C29H51NO4Si. The zero-order chi connectivity index (χ0) is 26.2. The Morgan fingerprint density at radius 2 is 1.71 bits per heavy atom. The highest BCUT2D eigenvalue weighted by atomic mass is 28.4. The molecule has 2 saturated heterocycles. The molecular weight excluding hydrogens is 454 g/mol. The van der Waals surface area contributed by atoms with E-state index < -0.39 is 14.1 Å². The van der Waals surface area contributed by atoms with Crippen LogP contribution in [-0.4, -0.2) is 57.1 Å². The van der Waals surface area contributed by atoms with Crippen molar-refractivity contribution in [2.75, 3.05) is 13.7 Å². The summed E-state index contributed by atoms with van der Waals surface area (Å²) in [4.78, 5) is 2.40. The lowest BCUT2D eigenvalue weighted by Crippen LogP contribution is -2.50. The van der Waals surface area contributed by atoms with Gasteiger partial charge in [-0.05, 0) is 69.8 Å². The third-order valence-electron chi connectivity index (χ3n) is 8.58. The first-order valence-corrected chi connectivity index (χ1v) is 16.4. The topological polar surface area (TPSA) is 40.2 Å². The third kappa shape index (κ3) is 6.96. The van der Waals surface area contributed by atoms with E-state index in [1.54, 1.807) is 0 Å². The van der Waals surface area contributed by atoms with Gasteiger partial charge < -0.3 is 18.6 Å². The highest BCUT2D eigenvalue weighted by molar-refractivity contribution is 6.74. The normalized spacial score (nSPS) is 31.9. The molecule has 0 saturated carbocycles. The molecule has 0 bridgehead atoms. The van der Waals surface area contributed by atoms with Gasteiger partial charge in [-0.25, -0.2) is 0 Å². The Kier molecular flexibility index (Phi) is 8.99. The summed E-state index contributed by atoms with van der Waals surface area (Å²) in [6, 6.07) is 11.0. The molecule has 200 valence electrons. The van der Waals surface area contributed by atoms with E-state index in [4.69, 9.17) is 18.6 Å². The van der Waals surface area contributed by atoms with Crippen molar-refractivity contribution in [1.82, 2.24) is 4.90 Å². The van der Waals surface area contributed by atoms with Crippen molar-refractivity contribution in [2.45, 2.75) is 123 Å². The minimum absolute atomic E-state index is 0.0588. The van der Waals surface area contributed by atoms with Crippen LogP contribution in [0, 0.1) is 11.8 Å². The number of hydrogen-bond acceptors (Lipinski definition) is 5. The quantitative estimate of drug-likeness (QED) is 0.356. The molecule has 35 heavy (non-hydrogen) atoms. The van der Waals surface area contributed by atoms with Crippen LogP contribution in [0.5, 0.6) is 0 Å². The lowest BCUT2D eigenvalue weighted by Gasteiger charge is -2.45. The van der Waals surface area contributed by atoms with Gasteiger partial charge in [0.05, 0.1) is 24.9 Å². The van der Waals surface area contributed by atoms with Crippen LogP contribution in [0.3, 0.4) is 0 Å². The molecule has 5 nitrogen and oxygen atoms in total. The molecule has 1 unspecified atom stereocenters. The summed E-state index contributed by atoms with van der Waals surface area (Å²) in [6.45, 7) is 23.1. The molecule has 6 heteroatoms. The molecule has 3 rings (SSSR count). The summed E-state index contributed by atoms with van der Waals surface area (Å²) >= 11 is 0. The Labute approximate surface area is 216 Å². The van der Waals surface area contributed by atoms with Crippen LogP contribution >= 0.6 is 0 Å². The summed E-state index contributed by atoms with van der Waals surface area (Å²) in [7, 11) is 0.376. The van der Waals surface area contributed by atoms with Crippen molar-refractivity contribution in [3.8, 4) is 0 Å². The Bertz CT molecular complexity index is 809. The van der Waals surface area contributed by atoms with Crippen LogP contribution < -0.4 is 0 Å². The summed E-state index contributed by atoms with van der Waals surface area (Å²) in [6.07, 6.45) is 2.32. The summed E-state index contributed by atoms with van der Waals surface area (Å²) in [5.74, 6) is 0.185. The largest absolute Gasteiger partial charge is 0.414 e. The second kappa shape index (κ2) is 10.9. The summed E-state index contributed by atoms with van der Waals surface area (Å²) in [5.41, 5.74) is 1.26. The van der Waals surface area contributed by atoms with Crippen LogP contribution in [0.15, 0.2) is 30.3 Å². The predicted molar refractivity (Wildman–Crippen MR) is 146 cm³/mol. The van der Waals surface area contributed by atoms with Crippen LogP contribution in [-0.2, 0) is 18.6 Å². The van der Waals surface area contributed by atoms with Crippen molar-refractivity contribution < 1.29 is 18.6 Å². The fourth-order valence-electron chi connectivity index (χ4n) is 5.31. The monoisotopic (exact) mass is 505 g/mol. The molecule has 1 aromatic carbocycles. The number of ether oxygens (including phenoxy) is 3. The summed E-state index contributed by atoms with van der Waals surface area (Å²) in [5, 5.41) is 0.192. The number of likely N-dealkylation sites (N-methyl/N-ethyl adjacent to an activating group) is 1. The smallest absolute Gasteiger partial charge is 0.192 e. The van der Waals surface area contributed by atoms with Gasteiger partial charge in [0.15, 0.2) is 14.1 Å². The van der Waals surface area contributed by atoms with Gasteiger partial charge >= 0.3 is 0 Å². The molecule has 1 aromatic rings. The van der Waals surface area contributed by atoms with Crippen LogP contribution in [0.1, 0.15) is 79.9 Å². The van der Waals surface area contributed by atoms with E-state index in [1.807, 2.05) is 13.8 Å². The van der Waals surface area contributed by atoms with E-state index in [-0.39, 0.29) is 29.6 Å². The van der Waals surface area contributed by atoms with Gasteiger partial charge in [-0.2, -0.15) is 0 Å². The average Bonchev–Trinajstić information content (AvgIpc) is 3.06. The number of benzene rings is 1. The SMILES string of the molecule is C[C@H](C[C@@H](C)[C@@H]1C[C@@H](CO[Si](C)(C)C(C)(C)C)OC(C)(C)O1)C1O[C@@H](c2ccccc2)[C@H](C)N1C. The third-order valence-corrected chi connectivity index (χ3v) is 13.1. The Morgan fingerprint density at radius 3 is 2.31 bits per heavy atom. The van der Waals surface area contributed by atoms with Gasteiger partial charge in [-0.1, -0.05) is 65.0 Å². The first-order chi connectivity index (χ1) is 16.1. The van der Waals surface area contributed by atoms with E-state index in [9.17, 15) is 0 Å². The van der Waals surface area contributed by atoms with Crippen molar-refractivity contribution in [2.24, 2.45) is 11.8 Å². The zero-order valence-electron chi connectivity index (χ0n) is 24.1. The fraction of sp³-hybridized carbons (Fsp3) is 0.793. The highest BCUT2D eigenvalue weighted by Crippen LogP contribution is 2.41. The molecule has 2 aliphatic heterocycles. The lowest BCUT2D eigenvalue weighted by atomic mass is 9.88. The second-order valence-electron chi connectivity index (χ2n) is 13.1. The van der Waals surface area contributed by atoms with Gasteiger partial charge in [0, 0.05) is 12.5 Å². The molecule has 0 aliphatic carbocycles. The minimum Gasteiger partial charge on any atom is -0.414 e. The summed E-state index contributed by atoms with van der Waals surface area (Å²) < 4.78 is 25.9. The van der Waals surface area contributed by atoms with Crippen molar-refractivity contribution in [3.63, 3.8) is 0 Å². The van der Waals surface area contributed by atoms with E-state index in [1.165, 1.54) is 5.56 Å². The van der Waals surface area contributed by atoms with Gasteiger partial charge in [0.25, 0.3) is 0 Å². The molecule has 0 spiro atoms. The minimum atomic E-state index is -1.82. The van der Waals surface area contributed by atoms with E-state index >= 15 is 0 Å². The van der Waals surface area contributed by atoms with E-state index in [2.05, 4.69) is 96.9 Å². The average molecular weight is 506 g/mol. The van der Waals surface area contributed by atoms with E-state index in [0.29, 0.717) is 24.5 Å².